The van der Waals surface area contributed by atoms with Gasteiger partial charge in [-0.25, -0.2) is 0 Å². The highest BCUT2D eigenvalue weighted by Crippen LogP contribution is 2.27. The molecule has 0 bridgehead atoms. The Morgan fingerprint density at radius 3 is 2.71 bits per heavy atom. The van der Waals surface area contributed by atoms with Gasteiger partial charge >= 0.3 is 0 Å². The zero-order valence-corrected chi connectivity index (χ0v) is 15.0. The summed E-state index contributed by atoms with van der Waals surface area (Å²) in [6, 6.07) is 17.8. The van der Waals surface area contributed by atoms with Gasteiger partial charge in [-0.15, -0.1) is 0 Å². The summed E-state index contributed by atoms with van der Waals surface area (Å²) in [7, 11) is 1.82. The molecule has 122 valence electrons. The maximum Gasteiger partial charge on any atom is 0.241 e. The van der Waals surface area contributed by atoms with E-state index in [1.54, 1.807) is 11.1 Å². The molecule has 0 spiro atoms. The van der Waals surface area contributed by atoms with Crippen LogP contribution in [-0.4, -0.2) is 29.4 Å². The molecule has 1 aromatic heterocycles. The summed E-state index contributed by atoms with van der Waals surface area (Å²) in [5, 5.41) is 4.22. The second kappa shape index (κ2) is 7.45. The Kier molecular flexibility index (Phi) is 5.11. The number of carbonyl (C=O) groups excluding carboxylic acids is 1. The van der Waals surface area contributed by atoms with E-state index in [1.807, 2.05) is 61.6 Å². The summed E-state index contributed by atoms with van der Waals surface area (Å²) in [6.45, 7) is 0.846. The van der Waals surface area contributed by atoms with E-state index >= 15 is 0 Å². The Bertz CT molecular complexity index is 852. The third kappa shape index (κ3) is 3.74. The molecule has 0 aliphatic heterocycles. The van der Waals surface area contributed by atoms with Gasteiger partial charge in [0.25, 0.3) is 0 Å². The van der Waals surface area contributed by atoms with Crippen LogP contribution in [0, 0.1) is 0 Å². The van der Waals surface area contributed by atoms with Crippen LogP contribution < -0.4 is 5.32 Å². The number of fused-ring (bicyclic) bond motifs is 1. The van der Waals surface area contributed by atoms with E-state index in [0.29, 0.717) is 6.54 Å². The van der Waals surface area contributed by atoms with Crippen LogP contribution in [0.25, 0.3) is 10.9 Å². The van der Waals surface area contributed by atoms with Gasteiger partial charge in [0.1, 0.15) is 0 Å². The summed E-state index contributed by atoms with van der Waals surface area (Å²) in [5.74, 6) is 0.0406. The van der Waals surface area contributed by atoms with Crippen LogP contribution in [-0.2, 0) is 11.3 Å². The molecular formula is C19H18BrN3O. The fourth-order valence-electron chi connectivity index (χ4n) is 2.55. The Labute approximate surface area is 149 Å². The minimum atomic E-state index is 0.0406. The number of hydrogen-bond acceptors (Lipinski definition) is 3. The fraction of sp³-hybridized carbons (Fsp3) is 0.158. The molecule has 4 nitrogen and oxygen atoms in total. The number of nitrogens with zero attached hydrogens (tertiary/aromatic N) is 2. The van der Waals surface area contributed by atoms with Gasteiger partial charge in [-0.2, -0.15) is 0 Å². The topological polar surface area (TPSA) is 45.2 Å². The lowest BCUT2D eigenvalue weighted by Crippen LogP contribution is -2.31. The maximum absolute atomic E-state index is 12.4. The normalized spacial score (nSPS) is 10.6. The molecule has 3 aromatic rings. The number of benzene rings is 2. The van der Waals surface area contributed by atoms with Gasteiger partial charge in [0.2, 0.25) is 5.91 Å². The molecule has 0 aliphatic rings. The van der Waals surface area contributed by atoms with Crippen molar-refractivity contribution in [3.8, 4) is 0 Å². The Morgan fingerprint density at radius 1 is 1.12 bits per heavy atom. The molecule has 0 aliphatic carbocycles. The summed E-state index contributed by atoms with van der Waals surface area (Å²) in [4.78, 5) is 18.5. The number of nitrogens with one attached hydrogen (secondary N) is 1. The van der Waals surface area contributed by atoms with Crippen molar-refractivity contribution < 1.29 is 4.79 Å². The molecule has 1 N–H and O–H groups in total. The quantitative estimate of drug-likeness (QED) is 0.722. The van der Waals surface area contributed by atoms with E-state index in [-0.39, 0.29) is 12.5 Å². The Balaban J connectivity index is 1.67. The molecule has 0 saturated carbocycles. The number of anilines is 1. The molecule has 0 atom stereocenters. The lowest BCUT2D eigenvalue weighted by atomic mass is 10.2. The van der Waals surface area contributed by atoms with Crippen LogP contribution in [0.15, 0.2) is 65.3 Å². The Morgan fingerprint density at radius 2 is 1.92 bits per heavy atom. The van der Waals surface area contributed by atoms with Crippen molar-refractivity contribution in [2.45, 2.75) is 6.54 Å². The molecule has 2 aromatic carbocycles. The summed E-state index contributed by atoms with van der Waals surface area (Å²) < 4.78 is 0.941. The zero-order valence-electron chi connectivity index (χ0n) is 13.4. The summed E-state index contributed by atoms with van der Waals surface area (Å²) >= 11 is 3.51. The third-order valence-electron chi connectivity index (χ3n) is 3.84. The predicted octanol–water partition coefficient (Wildman–Crippen LogP) is 4.07. The van der Waals surface area contributed by atoms with E-state index in [2.05, 4.69) is 26.2 Å². The van der Waals surface area contributed by atoms with Gasteiger partial charge in [0.15, 0.2) is 0 Å². The number of halogens is 1. The molecule has 0 radical (unpaired) electrons. The number of pyridine rings is 1. The van der Waals surface area contributed by atoms with Gasteiger partial charge in [-0.3, -0.25) is 9.78 Å². The monoisotopic (exact) mass is 383 g/mol. The fourth-order valence-corrected chi connectivity index (χ4v) is 3.01. The minimum Gasteiger partial charge on any atom is -0.376 e. The van der Waals surface area contributed by atoms with Crippen molar-refractivity contribution in [1.29, 1.82) is 0 Å². The van der Waals surface area contributed by atoms with Crippen LogP contribution in [0.2, 0.25) is 0 Å². The van der Waals surface area contributed by atoms with Gasteiger partial charge in [-0.05, 0) is 33.6 Å². The van der Waals surface area contributed by atoms with E-state index in [4.69, 9.17) is 0 Å². The van der Waals surface area contributed by atoms with Crippen molar-refractivity contribution in [3.63, 3.8) is 0 Å². The van der Waals surface area contributed by atoms with E-state index < -0.39 is 0 Å². The second-order valence-electron chi connectivity index (χ2n) is 5.58. The number of likely N-dealkylation sites (N-methyl/N-ethyl adjacent to an activating group) is 1. The molecule has 0 unspecified atom stereocenters. The minimum absolute atomic E-state index is 0.0406. The van der Waals surface area contributed by atoms with Crippen LogP contribution in [0.4, 0.5) is 5.69 Å². The number of aromatic nitrogens is 1. The van der Waals surface area contributed by atoms with Crippen molar-refractivity contribution in [3.05, 3.63) is 70.8 Å². The molecule has 5 heteroatoms. The second-order valence-corrected chi connectivity index (χ2v) is 6.44. The molecule has 1 amide bonds. The Hall–Kier alpha value is -2.40. The summed E-state index contributed by atoms with van der Waals surface area (Å²) in [6.07, 6.45) is 1.74. The molecule has 3 rings (SSSR count). The van der Waals surface area contributed by atoms with Crippen LogP contribution in [0.5, 0.6) is 0 Å². The molecule has 0 saturated heterocycles. The predicted molar refractivity (Wildman–Crippen MR) is 101 cm³/mol. The number of para-hydroxylation sites is 1. The average molecular weight is 384 g/mol. The zero-order chi connectivity index (χ0) is 16.9. The van der Waals surface area contributed by atoms with E-state index in [9.17, 15) is 4.79 Å². The van der Waals surface area contributed by atoms with Gasteiger partial charge in [-0.1, -0.05) is 42.5 Å². The molecular weight excluding hydrogens is 366 g/mol. The first-order chi connectivity index (χ1) is 11.6. The smallest absolute Gasteiger partial charge is 0.241 e. The average Bonchev–Trinajstić information content (AvgIpc) is 2.61. The van der Waals surface area contributed by atoms with Gasteiger partial charge in [0, 0.05) is 35.3 Å². The molecule has 0 fully saturated rings. The van der Waals surface area contributed by atoms with Crippen molar-refractivity contribution in [2.24, 2.45) is 0 Å². The summed E-state index contributed by atoms with van der Waals surface area (Å²) in [5.41, 5.74) is 2.90. The van der Waals surface area contributed by atoms with Crippen molar-refractivity contribution >= 4 is 38.4 Å². The lowest BCUT2D eigenvalue weighted by molar-refractivity contribution is -0.128. The largest absolute Gasteiger partial charge is 0.376 e. The van der Waals surface area contributed by atoms with Crippen LogP contribution >= 0.6 is 15.9 Å². The highest BCUT2D eigenvalue weighted by molar-refractivity contribution is 9.10. The number of hydrogen-bond donors (Lipinski definition) is 1. The van der Waals surface area contributed by atoms with Gasteiger partial charge < -0.3 is 10.2 Å². The lowest BCUT2D eigenvalue weighted by Gasteiger charge is -2.18. The first kappa shape index (κ1) is 16.5. The standard InChI is InChI=1S/C19H18BrN3O/c1-23(13-14-6-3-2-4-7-14)18(24)12-22-17-10-11-21-19-15(17)8-5-9-16(19)20/h2-11H,12-13H2,1H3,(H,21,22). The highest BCUT2D eigenvalue weighted by atomic mass is 79.9. The van der Waals surface area contributed by atoms with E-state index in [1.165, 1.54) is 0 Å². The van der Waals surface area contributed by atoms with Crippen molar-refractivity contribution in [2.75, 3.05) is 18.9 Å². The number of rotatable bonds is 5. The number of amides is 1. The number of carbonyl (C=O) groups is 1. The SMILES string of the molecule is CN(Cc1ccccc1)C(=O)CNc1ccnc2c(Br)cccc12. The van der Waals surface area contributed by atoms with E-state index in [0.717, 1.165) is 26.6 Å². The van der Waals surface area contributed by atoms with Gasteiger partial charge in [0.05, 0.1) is 12.1 Å². The molecule has 24 heavy (non-hydrogen) atoms. The third-order valence-corrected chi connectivity index (χ3v) is 4.48. The first-order valence-corrected chi connectivity index (χ1v) is 8.49. The first-order valence-electron chi connectivity index (χ1n) is 7.70. The highest BCUT2D eigenvalue weighted by Gasteiger charge is 2.10. The van der Waals surface area contributed by atoms with Crippen LogP contribution in [0.1, 0.15) is 5.56 Å². The molecule has 1 heterocycles. The van der Waals surface area contributed by atoms with Crippen molar-refractivity contribution in [1.82, 2.24) is 9.88 Å². The van der Waals surface area contributed by atoms with Crippen LogP contribution in [0.3, 0.4) is 0 Å². The maximum atomic E-state index is 12.4.